The maximum absolute atomic E-state index is 12.7. The third-order valence-corrected chi connectivity index (χ3v) is 5.70. The molecule has 1 N–H and O–H groups in total. The van der Waals surface area contributed by atoms with Gasteiger partial charge in [0.2, 0.25) is 5.91 Å². The average Bonchev–Trinajstić information content (AvgIpc) is 2.71. The van der Waals surface area contributed by atoms with E-state index in [1.807, 2.05) is 55.5 Å². The molecule has 2 atom stereocenters. The molecule has 0 saturated carbocycles. The van der Waals surface area contributed by atoms with Gasteiger partial charge in [0, 0.05) is 11.7 Å². The summed E-state index contributed by atoms with van der Waals surface area (Å²) >= 11 is 1.39. The minimum absolute atomic E-state index is 0.374. The summed E-state index contributed by atoms with van der Waals surface area (Å²) in [4.78, 5) is 25.1. The lowest BCUT2D eigenvalue weighted by Crippen LogP contribution is -2.44. The van der Waals surface area contributed by atoms with E-state index < -0.39 is 23.7 Å². The van der Waals surface area contributed by atoms with Crippen molar-refractivity contribution < 1.29 is 14.3 Å². The fourth-order valence-corrected chi connectivity index (χ4v) is 4.29. The molecule has 0 aliphatic carbocycles. The number of nitrogens with one attached hydrogen (secondary N) is 1. The predicted molar refractivity (Wildman–Crippen MR) is 108 cm³/mol. The van der Waals surface area contributed by atoms with Crippen LogP contribution < -0.4 is 5.32 Å². The van der Waals surface area contributed by atoms with Gasteiger partial charge in [-0.05, 0) is 18.1 Å². The van der Waals surface area contributed by atoms with Gasteiger partial charge in [0.05, 0.1) is 23.8 Å². The molecule has 1 aliphatic heterocycles. The molecule has 142 valence electrons. The van der Waals surface area contributed by atoms with Crippen LogP contribution in [0.2, 0.25) is 0 Å². The summed E-state index contributed by atoms with van der Waals surface area (Å²) in [5.74, 6) is -2.27. The first kappa shape index (κ1) is 19.7. The van der Waals surface area contributed by atoms with Crippen molar-refractivity contribution in [3.8, 4) is 6.07 Å². The summed E-state index contributed by atoms with van der Waals surface area (Å²) in [6, 6.07) is 19.4. The normalized spacial score (nSPS) is 19.0. The second kappa shape index (κ2) is 8.77. The first-order valence-electron chi connectivity index (χ1n) is 8.81. The van der Waals surface area contributed by atoms with E-state index in [1.54, 1.807) is 0 Å². The molecule has 1 amide bonds. The van der Waals surface area contributed by atoms with Gasteiger partial charge >= 0.3 is 5.97 Å². The van der Waals surface area contributed by atoms with Crippen LogP contribution in [0.25, 0.3) is 0 Å². The first-order chi connectivity index (χ1) is 13.5. The van der Waals surface area contributed by atoms with Crippen molar-refractivity contribution in [1.29, 1.82) is 5.26 Å². The minimum Gasteiger partial charge on any atom is -0.468 e. The number of aryl methyl sites for hydroxylation is 1. The number of carbonyl (C=O) groups is 2. The second-order valence-electron chi connectivity index (χ2n) is 6.51. The number of hydrogen-bond acceptors (Lipinski definition) is 5. The fraction of sp³-hybridized carbons (Fsp3) is 0.227. The van der Waals surface area contributed by atoms with Crippen LogP contribution in [0.15, 0.2) is 65.2 Å². The van der Waals surface area contributed by atoms with E-state index in [2.05, 4.69) is 17.5 Å². The Labute approximate surface area is 168 Å². The highest BCUT2D eigenvalue weighted by atomic mass is 32.2. The van der Waals surface area contributed by atoms with Crippen LogP contribution in [0, 0.1) is 24.2 Å². The quantitative estimate of drug-likeness (QED) is 0.620. The van der Waals surface area contributed by atoms with E-state index in [0.29, 0.717) is 16.4 Å². The molecular formula is C22H20N2O3S. The van der Waals surface area contributed by atoms with Gasteiger partial charge in [-0.1, -0.05) is 60.2 Å². The molecule has 28 heavy (non-hydrogen) atoms. The van der Waals surface area contributed by atoms with Crippen molar-refractivity contribution in [2.24, 2.45) is 5.92 Å². The Morgan fingerprint density at radius 2 is 1.96 bits per heavy atom. The summed E-state index contributed by atoms with van der Waals surface area (Å²) in [6.45, 7) is 2.02. The Morgan fingerprint density at radius 3 is 2.61 bits per heavy atom. The Hall–Kier alpha value is -3.04. The summed E-state index contributed by atoms with van der Waals surface area (Å²) in [6.07, 6.45) is 0. The molecule has 2 aromatic rings. The molecule has 0 unspecified atom stereocenters. The molecule has 6 heteroatoms. The molecule has 1 aliphatic rings. The molecule has 0 fully saturated rings. The van der Waals surface area contributed by atoms with E-state index in [4.69, 9.17) is 4.74 Å². The standard InChI is InChI=1S/C22H20N2O3S/c1-14-7-6-8-15(11-14)13-28-21-17(12-23)18(16-9-4-3-5-10-16)19(20(25)24-21)22(26)27-2/h3-11,18-19H,13H2,1-2H3,(H,24,25)/t18-,19-/m0/s1. The zero-order valence-corrected chi connectivity index (χ0v) is 16.5. The number of methoxy groups -OCH3 is 1. The molecule has 1 heterocycles. The number of rotatable bonds is 5. The molecule has 0 bridgehead atoms. The minimum atomic E-state index is -1.09. The maximum Gasteiger partial charge on any atom is 0.319 e. The Kier molecular flexibility index (Phi) is 6.17. The van der Waals surface area contributed by atoms with E-state index >= 15 is 0 Å². The monoisotopic (exact) mass is 392 g/mol. The zero-order valence-electron chi connectivity index (χ0n) is 15.6. The number of thioether (sulfide) groups is 1. The second-order valence-corrected chi connectivity index (χ2v) is 7.50. The van der Waals surface area contributed by atoms with Crippen molar-refractivity contribution in [3.63, 3.8) is 0 Å². The molecule has 0 saturated heterocycles. The Morgan fingerprint density at radius 1 is 1.21 bits per heavy atom. The number of ether oxygens (including phenoxy) is 1. The smallest absolute Gasteiger partial charge is 0.319 e. The topological polar surface area (TPSA) is 79.2 Å². The van der Waals surface area contributed by atoms with Crippen LogP contribution in [-0.2, 0) is 20.1 Å². The third-order valence-electron chi connectivity index (χ3n) is 4.61. The van der Waals surface area contributed by atoms with E-state index in [1.165, 1.54) is 18.9 Å². The van der Waals surface area contributed by atoms with Gasteiger partial charge in [0.15, 0.2) is 0 Å². The largest absolute Gasteiger partial charge is 0.468 e. The zero-order chi connectivity index (χ0) is 20.1. The Bertz CT molecular complexity index is 963. The third kappa shape index (κ3) is 4.10. The SMILES string of the molecule is COC(=O)[C@@H]1C(=O)NC(SCc2cccc(C)c2)=C(C#N)[C@@H]1c1ccccc1. The van der Waals surface area contributed by atoms with Crippen LogP contribution in [0.3, 0.4) is 0 Å². The van der Waals surface area contributed by atoms with Crippen LogP contribution in [0.4, 0.5) is 0 Å². The van der Waals surface area contributed by atoms with Crippen molar-refractivity contribution in [1.82, 2.24) is 5.32 Å². The molecule has 0 aromatic heterocycles. The molecule has 3 rings (SSSR count). The molecular weight excluding hydrogens is 372 g/mol. The Balaban J connectivity index is 2.00. The van der Waals surface area contributed by atoms with Crippen molar-refractivity contribution in [2.45, 2.75) is 18.6 Å². The number of hydrogen-bond donors (Lipinski definition) is 1. The maximum atomic E-state index is 12.7. The number of amides is 1. The van der Waals surface area contributed by atoms with Gasteiger partial charge in [-0.3, -0.25) is 9.59 Å². The molecule has 5 nitrogen and oxygen atoms in total. The summed E-state index contributed by atoms with van der Waals surface area (Å²) in [7, 11) is 1.25. The van der Waals surface area contributed by atoms with Gasteiger partial charge < -0.3 is 10.1 Å². The van der Waals surface area contributed by atoms with Crippen LogP contribution in [0.1, 0.15) is 22.6 Å². The van der Waals surface area contributed by atoms with E-state index in [9.17, 15) is 14.9 Å². The molecule has 2 aromatic carbocycles. The lowest BCUT2D eigenvalue weighted by molar-refractivity contribution is -0.150. The van der Waals surface area contributed by atoms with Crippen LogP contribution in [-0.4, -0.2) is 19.0 Å². The van der Waals surface area contributed by atoms with Crippen LogP contribution in [0.5, 0.6) is 0 Å². The highest BCUT2D eigenvalue weighted by Gasteiger charge is 2.44. The number of nitriles is 1. The van der Waals surface area contributed by atoms with Gasteiger partial charge in [-0.25, -0.2) is 0 Å². The van der Waals surface area contributed by atoms with E-state index in [-0.39, 0.29) is 0 Å². The lowest BCUT2D eigenvalue weighted by Gasteiger charge is -2.31. The highest BCUT2D eigenvalue weighted by molar-refractivity contribution is 8.02. The molecule has 0 spiro atoms. The number of esters is 1. The van der Waals surface area contributed by atoms with Gasteiger partial charge in [-0.2, -0.15) is 5.26 Å². The van der Waals surface area contributed by atoms with Crippen molar-refractivity contribution >= 4 is 23.6 Å². The van der Waals surface area contributed by atoms with Gasteiger partial charge in [-0.15, -0.1) is 11.8 Å². The van der Waals surface area contributed by atoms with Gasteiger partial charge in [0.25, 0.3) is 0 Å². The highest BCUT2D eigenvalue weighted by Crippen LogP contribution is 2.40. The molecule has 0 radical (unpaired) electrons. The van der Waals surface area contributed by atoms with Gasteiger partial charge in [0.1, 0.15) is 5.92 Å². The average molecular weight is 392 g/mol. The predicted octanol–water partition coefficient (Wildman–Crippen LogP) is 3.67. The fourth-order valence-electron chi connectivity index (χ4n) is 3.30. The number of nitrogens with zero attached hydrogens (tertiary/aromatic N) is 1. The summed E-state index contributed by atoms with van der Waals surface area (Å²) in [5.41, 5.74) is 3.35. The van der Waals surface area contributed by atoms with Crippen LogP contribution >= 0.6 is 11.8 Å². The van der Waals surface area contributed by atoms with Crippen molar-refractivity contribution in [3.05, 3.63) is 81.9 Å². The van der Waals surface area contributed by atoms with E-state index in [0.717, 1.165) is 16.7 Å². The lowest BCUT2D eigenvalue weighted by atomic mass is 9.78. The first-order valence-corrected chi connectivity index (χ1v) is 9.80. The van der Waals surface area contributed by atoms with Crippen molar-refractivity contribution in [2.75, 3.05) is 7.11 Å². The number of benzene rings is 2. The number of carbonyl (C=O) groups excluding carboxylic acids is 2. The summed E-state index contributed by atoms with van der Waals surface area (Å²) < 4.78 is 4.84. The summed E-state index contributed by atoms with van der Waals surface area (Å²) in [5, 5.41) is 13.1. The number of allylic oxidation sites excluding steroid dienone is 1.